The van der Waals surface area contributed by atoms with Crippen LogP contribution >= 0.6 is 11.3 Å². The van der Waals surface area contributed by atoms with E-state index in [9.17, 15) is 9.59 Å². The van der Waals surface area contributed by atoms with Crippen molar-refractivity contribution in [3.05, 3.63) is 82.2 Å². The topological polar surface area (TPSA) is 86.3 Å². The Kier molecular flexibility index (Phi) is 10.8. The van der Waals surface area contributed by atoms with Gasteiger partial charge in [0.25, 0.3) is 11.8 Å². The molecular weight excluding hydrogens is 486 g/mol. The summed E-state index contributed by atoms with van der Waals surface area (Å²) in [5, 5.41) is 9.14. The van der Waals surface area contributed by atoms with Crippen LogP contribution in [0.25, 0.3) is 0 Å². The number of thiophene rings is 1. The number of methoxy groups -OCH3 is 1. The summed E-state index contributed by atoms with van der Waals surface area (Å²) in [7, 11) is 3.69. The lowest BCUT2D eigenvalue weighted by molar-refractivity contribution is 0.0956. The summed E-state index contributed by atoms with van der Waals surface area (Å²) in [6.07, 6.45) is 1.55. The van der Waals surface area contributed by atoms with Crippen LogP contribution in [0.1, 0.15) is 45.7 Å². The third-order valence-corrected chi connectivity index (χ3v) is 6.80. The second kappa shape index (κ2) is 14.3. The van der Waals surface area contributed by atoms with Crippen molar-refractivity contribution in [2.45, 2.75) is 20.4 Å². The Hall–Kier alpha value is -3.53. The molecule has 8 nitrogen and oxygen atoms in total. The van der Waals surface area contributed by atoms with E-state index in [0.29, 0.717) is 16.1 Å². The van der Waals surface area contributed by atoms with Gasteiger partial charge in [-0.1, -0.05) is 26.0 Å². The van der Waals surface area contributed by atoms with Gasteiger partial charge < -0.3 is 19.9 Å². The third kappa shape index (κ3) is 8.52. The molecule has 2 N–H and O–H groups in total. The van der Waals surface area contributed by atoms with Gasteiger partial charge in [-0.25, -0.2) is 5.43 Å². The predicted molar refractivity (Wildman–Crippen MR) is 151 cm³/mol. The van der Waals surface area contributed by atoms with Crippen molar-refractivity contribution in [2.75, 3.05) is 45.7 Å². The number of nitrogens with one attached hydrogen (secondary N) is 2. The summed E-state index contributed by atoms with van der Waals surface area (Å²) >= 11 is 1.29. The Morgan fingerprint density at radius 1 is 1.03 bits per heavy atom. The van der Waals surface area contributed by atoms with Crippen molar-refractivity contribution in [2.24, 2.45) is 5.10 Å². The number of likely N-dealkylation sites (N-methyl/N-ethyl adjacent to an activating group) is 2. The molecule has 196 valence electrons. The zero-order valence-corrected chi connectivity index (χ0v) is 22.7. The fourth-order valence-electron chi connectivity index (χ4n) is 3.73. The molecule has 0 bridgehead atoms. The highest BCUT2D eigenvalue weighted by molar-refractivity contribution is 7.14. The molecule has 0 saturated carbocycles. The standard InChI is InChI=1S/C28H35N5O3S/c1-5-33(6-2)16-15-32(3)20-22-8-7-9-23(18-22)26(34)30-28-25(14-17-37-28)27(35)31-29-19-21-10-12-24(36-4)13-11-21/h7-14,17-19H,5-6,15-16,20H2,1-4H3,(H,30,34)(H,31,35). The van der Waals surface area contributed by atoms with Crippen LogP contribution in [0.5, 0.6) is 5.75 Å². The van der Waals surface area contributed by atoms with Gasteiger partial charge in [-0.05, 0) is 79.1 Å². The Morgan fingerprint density at radius 2 is 1.78 bits per heavy atom. The Morgan fingerprint density at radius 3 is 2.49 bits per heavy atom. The fourth-order valence-corrected chi connectivity index (χ4v) is 4.51. The summed E-state index contributed by atoms with van der Waals surface area (Å²) in [6, 6.07) is 16.6. The number of hydrogen-bond donors (Lipinski definition) is 2. The number of benzene rings is 2. The molecule has 0 radical (unpaired) electrons. The van der Waals surface area contributed by atoms with E-state index in [0.717, 1.165) is 49.6 Å². The molecule has 0 saturated heterocycles. The number of ether oxygens (including phenoxy) is 1. The molecule has 0 spiro atoms. The highest BCUT2D eigenvalue weighted by Crippen LogP contribution is 2.24. The number of nitrogens with zero attached hydrogens (tertiary/aromatic N) is 3. The Labute approximate surface area is 222 Å². The summed E-state index contributed by atoms with van der Waals surface area (Å²) in [5.74, 6) is 0.0865. The van der Waals surface area contributed by atoms with Crippen molar-refractivity contribution < 1.29 is 14.3 Å². The van der Waals surface area contributed by atoms with E-state index < -0.39 is 5.91 Å². The molecule has 1 aromatic heterocycles. The van der Waals surface area contributed by atoms with Crippen molar-refractivity contribution in [1.29, 1.82) is 0 Å². The number of carbonyl (C=O) groups is 2. The van der Waals surface area contributed by atoms with Crippen molar-refractivity contribution >= 4 is 34.4 Å². The van der Waals surface area contributed by atoms with E-state index in [1.54, 1.807) is 30.8 Å². The number of rotatable bonds is 13. The Bertz CT molecular complexity index is 1190. The number of carbonyl (C=O) groups excluding carboxylic acids is 2. The summed E-state index contributed by atoms with van der Waals surface area (Å²) in [6.45, 7) is 9.13. The zero-order valence-electron chi connectivity index (χ0n) is 21.9. The normalized spacial score (nSPS) is 11.3. The first-order valence-electron chi connectivity index (χ1n) is 12.3. The van der Waals surface area contributed by atoms with Crippen molar-refractivity contribution in [3.8, 4) is 5.75 Å². The SMILES string of the molecule is CCN(CC)CCN(C)Cc1cccc(C(=O)Nc2sccc2C(=O)NN=Cc2ccc(OC)cc2)c1. The van der Waals surface area contributed by atoms with E-state index in [2.05, 4.69) is 46.5 Å². The highest BCUT2D eigenvalue weighted by Gasteiger charge is 2.16. The fraction of sp³-hybridized carbons (Fsp3) is 0.321. The molecule has 37 heavy (non-hydrogen) atoms. The van der Waals surface area contributed by atoms with Crippen LogP contribution in [0.4, 0.5) is 5.00 Å². The van der Waals surface area contributed by atoms with Gasteiger partial charge in [-0.2, -0.15) is 5.10 Å². The van der Waals surface area contributed by atoms with E-state index in [1.165, 1.54) is 11.3 Å². The predicted octanol–water partition coefficient (Wildman–Crippen LogP) is 4.55. The zero-order chi connectivity index (χ0) is 26.6. The van der Waals surface area contributed by atoms with Gasteiger partial charge in [0.15, 0.2) is 0 Å². The molecule has 0 aliphatic heterocycles. The second-order valence-corrected chi connectivity index (χ2v) is 9.47. The van der Waals surface area contributed by atoms with Crippen LogP contribution in [-0.2, 0) is 6.54 Å². The molecule has 3 aromatic rings. The third-order valence-electron chi connectivity index (χ3n) is 5.97. The highest BCUT2D eigenvalue weighted by atomic mass is 32.1. The maximum atomic E-state index is 13.0. The van der Waals surface area contributed by atoms with Crippen LogP contribution in [-0.4, -0.2) is 68.2 Å². The maximum absolute atomic E-state index is 13.0. The molecule has 0 aliphatic rings. The summed E-state index contributed by atoms with van der Waals surface area (Å²) < 4.78 is 5.13. The maximum Gasteiger partial charge on any atom is 0.274 e. The molecule has 0 aliphatic carbocycles. The van der Waals surface area contributed by atoms with Crippen LogP contribution in [0.15, 0.2) is 65.1 Å². The largest absolute Gasteiger partial charge is 0.497 e. The van der Waals surface area contributed by atoms with Crippen LogP contribution in [0.2, 0.25) is 0 Å². The first kappa shape index (κ1) is 28.0. The average Bonchev–Trinajstić information content (AvgIpc) is 3.38. The van der Waals surface area contributed by atoms with E-state index in [4.69, 9.17) is 4.74 Å². The second-order valence-electron chi connectivity index (χ2n) is 8.55. The number of hydrogen-bond acceptors (Lipinski definition) is 7. The van der Waals surface area contributed by atoms with Gasteiger partial charge in [0.2, 0.25) is 0 Å². The van der Waals surface area contributed by atoms with E-state index in [-0.39, 0.29) is 5.91 Å². The summed E-state index contributed by atoms with van der Waals surface area (Å²) in [4.78, 5) is 30.3. The molecule has 2 amide bonds. The van der Waals surface area contributed by atoms with Gasteiger partial charge in [-0.15, -0.1) is 11.3 Å². The average molecular weight is 522 g/mol. The van der Waals surface area contributed by atoms with Crippen molar-refractivity contribution in [1.82, 2.24) is 15.2 Å². The molecule has 0 unspecified atom stereocenters. The van der Waals surface area contributed by atoms with Crippen LogP contribution in [0, 0.1) is 0 Å². The smallest absolute Gasteiger partial charge is 0.274 e. The van der Waals surface area contributed by atoms with Gasteiger partial charge in [0.05, 0.1) is 18.9 Å². The molecule has 1 heterocycles. The van der Waals surface area contributed by atoms with Gasteiger partial charge >= 0.3 is 0 Å². The minimum Gasteiger partial charge on any atom is -0.497 e. The van der Waals surface area contributed by atoms with E-state index in [1.807, 2.05) is 42.5 Å². The van der Waals surface area contributed by atoms with Crippen LogP contribution in [0.3, 0.4) is 0 Å². The number of hydrazone groups is 1. The van der Waals surface area contributed by atoms with Crippen LogP contribution < -0.4 is 15.5 Å². The molecule has 0 atom stereocenters. The lowest BCUT2D eigenvalue weighted by Crippen LogP contribution is -2.32. The monoisotopic (exact) mass is 521 g/mol. The van der Waals surface area contributed by atoms with Gasteiger partial charge in [0.1, 0.15) is 10.8 Å². The van der Waals surface area contributed by atoms with E-state index >= 15 is 0 Å². The van der Waals surface area contributed by atoms with Crippen molar-refractivity contribution in [3.63, 3.8) is 0 Å². The van der Waals surface area contributed by atoms with Gasteiger partial charge in [-0.3, -0.25) is 9.59 Å². The minimum absolute atomic E-state index is 0.258. The first-order chi connectivity index (χ1) is 17.9. The Balaban J connectivity index is 1.57. The molecule has 2 aromatic carbocycles. The lowest BCUT2D eigenvalue weighted by Gasteiger charge is -2.23. The molecular formula is C28H35N5O3S. The molecule has 9 heteroatoms. The minimum atomic E-state index is -0.398. The quantitative estimate of drug-likeness (QED) is 0.255. The number of amides is 2. The molecule has 3 rings (SSSR count). The first-order valence-corrected chi connectivity index (χ1v) is 13.2. The molecule has 0 fully saturated rings. The summed E-state index contributed by atoms with van der Waals surface area (Å²) in [5.41, 5.74) is 5.31. The van der Waals surface area contributed by atoms with Gasteiger partial charge in [0, 0.05) is 25.2 Å². The number of anilines is 1. The lowest BCUT2D eigenvalue weighted by atomic mass is 10.1.